The predicted molar refractivity (Wildman–Crippen MR) is 90.1 cm³/mol. The SMILES string of the molecule is CN(C)CCCNc1nncc(NCCc2ccccc2)n1. The van der Waals surface area contributed by atoms with Crippen molar-refractivity contribution in [2.75, 3.05) is 44.4 Å². The molecular formula is C16H24N6. The third-order valence-corrected chi connectivity index (χ3v) is 3.19. The average Bonchev–Trinajstić information content (AvgIpc) is 2.53. The zero-order valence-electron chi connectivity index (χ0n) is 13.3. The maximum absolute atomic E-state index is 4.41. The Labute approximate surface area is 132 Å². The Morgan fingerprint density at radius 1 is 1.05 bits per heavy atom. The number of nitrogens with zero attached hydrogens (tertiary/aromatic N) is 4. The highest BCUT2D eigenvalue weighted by atomic mass is 15.3. The monoisotopic (exact) mass is 300 g/mol. The van der Waals surface area contributed by atoms with Crippen molar-refractivity contribution < 1.29 is 0 Å². The molecule has 0 amide bonds. The van der Waals surface area contributed by atoms with Crippen molar-refractivity contribution in [1.82, 2.24) is 20.1 Å². The molecule has 0 spiro atoms. The molecule has 0 unspecified atom stereocenters. The van der Waals surface area contributed by atoms with Crippen LogP contribution in [0.3, 0.4) is 0 Å². The molecule has 1 aromatic carbocycles. The first-order valence-corrected chi connectivity index (χ1v) is 7.60. The standard InChI is InChI=1S/C16H24N6/c1-22(2)12-6-10-18-16-20-15(13-19-21-16)17-11-9-14-7-4-3-5-8-14/h3-5,7-8,13H,6,9-12H2,1-2H3,(H2,17,18,20,21). The van der Waals surface area contributed by atoms with Gasteiger partial charge in [0.25, 0.3) is 0 Å². The molecular weight excluding hydrogens is 276 g/mol. The zero-order valence-corrected chi connectivity index (χ0v) is 13.3. The summed E-state index contributed by atoms with van der Waals surface area (Å²) in [5.74, 6) is 1.32. The van der Waals surface area contributed by atoms with Gasteiger partial charge in [-0.15, -0.1) is 5.10 Å². The number of hydrogen-bond acceptors (Lipinski definition) is 6. The van der Waals surface area contributed by atoms with E-state index in [1.807, 2.05) is 6.07 Å². The summed E-state index contributed by atoms with van der Waals surface area (Å²) in [6.45, 7) is 2.70. The van der Waals surface area contributed by atoms with Crippen LogP contribution in [0, 0.1) is 0 Å². The number of aromatic nitrogens is 3. The lowest BCUT2D eigenvalue weighted by Crippen LogP contribution is -2.17. The lowest BCUT2D eigenvalue weighted by Gasteiger charge is -2.10. The van der Waals surface area contributed by atoms with Crippen LogP contribution in [0.1, 0.15) is 12.0 Å². The van der Waals surface area contributed by atoms with Gasteiger partial charge in [-0.05, 0) is 39.0 Å². The van der Waals surface area contributed by atoms with E-state index in [1.165, 1.54) is 5.56 Å². The van der Waals surface area contributed by atoms with Crippen molar-refractivity contribution in [2.24, 2.45) is 0 Å². The van der Waals surface area contributed by atoms with Crippen molar-refractivity contribution in [3.8, 4) is 0 Å². The number of anilines is 2. The van der Waals surface area contributed by atoms with Gasteiger partial charge in [-0.3, -0.25) is 0 Å². The molecule has 22 heavy (non-hydrogen) atoms. The lowest BCUT2D eigenvalue weighted by molar-refractivity contribution is 0.405. The van der Waals surface area contributed by atoms with Crippen molar-refractivity contribution >= 4 is 11.8 Å². The van der Waals surface area contributed by atoms with Gasteiger partial charge in [0, 0.05) is 13.1 Å². The summed E-state index contributed by atoms with van der Waals surface area (Å²) >= 11 is 0. The summed E-state index contributed by atoms with van der Waals surface area (Å²) < 4.78 is 0. The summed E-state index contributed by atoms with van der Waals surface area (Å²) in [6.07, 6.45) is 3.65. The molecule has 0 aliphatic heterocycles. The van der Waals surface area contributed by atoms with Gasteiger partial charge in [-0.25, -0.2) is 0 Å². The molecule has 6 heteroatoms. The highest BCUT2D eigenvalue weighted by Gasteiger charge is 2.00. The summed E-state index contributed by atoms with van der Waals surface area (Å²) in [6, 6.07) is 10.4. The molecule has 0 saturated heterocycles. The first-order valence-electron chi connectivity index (χ1n) is 7.60. The summed E-state index contributed by atoms with van der Waals surface area (Å²) in [4.78, 5) is 6.57. The van der Waals surface area contributed by atoms with Crippen LogP contribution in [0.2, 0.25) is 0 Å². The van der Waals surface area contributed by atoms with E-state index in [2.05, 4.69) is 69.1 Å². The van der Waals surface area contributed by atoms with Gasteiger partial charge < -0.3 is 15.5 Å². The fourth-order valence-corrected chi connectivity index (χ4v) is 2.04. The normalized spacial score (nSPS) is 10.7. The van der Waals surface area contributed by atoms with E-state index < -0.39 is 0 Å². The van der Waals surface area contributed by atoms with E-state index in [1.54, 1.807) is 6.20 Å². The fourth-order valence-electron chi connectivity index (χ4n) is 2.04. The lowest BCUT2D eigenvalue weighted by atomic mass is 10.1. The van der Waals surface area contributed by atoms with Crippen LogP contribution in [-0.4, -0.2) is 53.8 Å². The molecule has 2 rings (SSSR count). The first-order chi connectivity index (χ1) is 10.7. The number of rotatable bonds is 9. The topological polar surface area (TPSA) is 66.0 Å². The van der Waals surface area contributed by atoms with Crippen LogP contribution in [0.4, 0.5) is 11.8 Å². The Balaban J connectivity index is 1.74. The molecule has 0 radical (unpaired) electrons. The van der Waals surface area contributed by atoms with E-state index in [9.17, 15) is 0 Å². The molecule has 2 aromatic rings. The first kappa shape index (κ1) is 16.2. The van der Waals surface area contributed by atoms with Gasteiger partial charge in [0.15, 0.2) is 5.82 Å². The van der Waals surface area contributed by atoms with E-state index in [0.29, 0.717) is 5.95 Å². The molecule has 1 heterocycles. The van der Waals surface area contributed by atoms with Crippen molar-refractivity contribution in [2.45, 2.75) is 12.8 Å². The molecule has 6 nitrogen and oxygen atoms in total. The van der Waals surface area contributed by atoms with Crippen LogP contribution in [0.25, 0.3) is 0 Å². The van der Waals surface area contributed by atoms with Gasteiger partial charge >= 0.3 is 0 Å². The summed E-state index contributed by atoms with van der Waals surface area (Å²) in [5, 5.41) is 14.5. The minimum atomic E-state index is 0.573. The quantitative estimate of drug-likeness (QED) is 0.689. The predicted octanol–water partition coefficient (Wildman–Crippen LogP) is 1.89. The third-order valence-electron chi connectivity index (χ3n) is 3.19. The second kappa shape index (κ2) is 8.94. The average molecular weight is 300 g/mol. The van der Waals surface area contributed by atoms with Crippen molar-refractivity contribution in [3.63, 3.8) is 0 Å². The van der Waals surface area contributed by atoms with E-state index in [-0.39, 0.29) is 0 Å². The highest BCUT2D eigenvalue weighted by molar-refractivity contribution is 5.37. The Kier molecular flexibility index (Phi) is 6.57. The van der Waals surface area contributed by atoms with Gasteiger partial charge in [-0.2, -0.15) is 10.1 Å². The minimum absolute atomic E-state index is 0.573. The Morgan fingerprint density at radius 3 is 2.64 bits per heavy atom. The van der Waals surface area contributed by atoms with Gasteiger partial charge in [0.2, 0.25) is 5.95 Å². The maximum atomic E-state index is 4.41. The second-order valence-electron chi connectivity index (χ2n) is 5.41. The maximum Gasteiger partial charge on any atom is 0.244 e. The van der Waals surface area contributed by atoms with Crippen LogP contribution in [0.5, 0.6) is 0 Å². The molecule has 1 aromatic heterocycles. The Hall–Kier alpha value is -2.21. The van der Waals surface area contributed by atoms with Gasteiger partial charge in [0.1, 0.15) is 0 Å². The van der Waals surface area contributed by atoms with Crippen LogP contribution in [-0.2, 0) is 6.42 Å². The molecule has 2 N–H and O–H groups in total. The molecule has 0 aliphatic rings. The van der Waals surface area contributed by atoms with Crippen LogP contribution in [0.15, 0.2) is 36.5 Å². The molecule has 118 valence electrons. The molecule has 0 saturated carbocycles. The largest absolute Gasteiger partial charge is 0.368 e. The number of benzene rings is 1. The fraction of sp³-hybridized carbons (Fsp3) is 0.438. The zero-order chi connectivity index (χ0) is 15.6. The summed E-state index contributed by atoms with van der Waals surface area (Å²) in [7, 11) is 4.13. The van der Waals surface area contributed by atoms with Crippen molar-refractivity contribution in [1.29, 1.82) is 0 Å². The number of nitrogens with one attached hydrogen (secondary N) is 2. The highest BCUT2D eigenvalue weighted by Crippen LogP contribution is 2.05. The molecule has 0 fully saturated rings. The third kappa shape index (κ3) is 6.05. The molecule has 0 atom stereocenters. The second-order valence-corrected chi connectivity index (χ2v) is 5.41. The molecule has 0 aliphatic carbocycles. The van der Waals surface area contributed by atoms with E-state index in [4.69, 9.17) is 0 Å². The van der Waals surface area contributed by atoms with Gasteiger partial charge in [-0.1, -0.05) is 30.3 Å². The van der Waals surface area contributed by atoms with E-state index in [0.717, 1.165) is 38.3 Å². The van der Waals surface area contributed by atoms with Gasteiger partial charge in [0.05, 0.1) is 6.20 Å². The number of hydrogen-bond donors (Lipinski definition) is 2. The minimum Gasteiger partial charge on any atom is -0.368 e. The molecule has 0 bridgehead atoms. The van der Waals surface area contributed by atoms with E-state index >= 15 is 0 Å². The Bertz CT molecular complexity index is 543. The Morgan fingerprint density at radius 2 is 1.86 bits per heavy atom. The summed E-state index contributed by atoms with van der Waals surface area (Å²) in [5.41, 5.74) is 1.30. The van der Waals surface area contributed by atoms with Crippen LogP contribution < -0.4 is 10.6 Å². The smallest absolute Gasteiger partial charge is 0.244 e. The van der Waals surface area contributed by atoms with Crippen molar-refractivity contribution in [3.05, 3.63) is 42.1 Å². The van der Waals surface area contributed by atoms with Crippen LogP contribution >= 0.6 is 0 Å².